The van der Waals surface area contributed by atoms with Gasteiger partial charge in [-0.05, 0) is 30.5 Å². The molecule has 1 aromatic carbocycles. The SMILES string of the molecule is CCC(Cc1cccc(N)c1)C(=O)[O-].[Na+]. The Bertz CT molecular complexity index is 328. The first-order valence-corrected chi connectivity index (χ1v) is 4.68. The van der Waals surface area contributed by atoms with E-state index in [1.807, 2.05) is 19.1 Å². The van der Waals surface area contributed by atoms with Crippen LogP contribution in [0, 0.1) is 5.92 Å². The van der Waals surface area contributed by atoms with Gasteiger partial charge in [-0.1, -0.05) is 19.1 Å². The van der Waals surface area contributed by atoms with Crippen molar-refractivity contribution >= 4 is 11.7 Å². The summed E-state index contributed by atoms with van der Waals surface area (Å²) in [7, 11) is 0. The average molecular weight is 215 g/mol. The zero-order chi connectivity index (χ0) is 10.6. The van der Waals surface area contributed by atoms with Crippen LogP contribution in [0.25, 0.3) is 0 Å². The predicted molar refractivity (Wildman–Crippen MR) is 53.3 cm³/mol. The molecule has 0 fully saturated rings. The molecule has 4 heteroatoms. The molecule has 0 aromatic heterocycles. The molecular formula is C11H14NNaO2. The Morgan fingerprint density at radius 1 is 1.53 bits per heavy atom. The van der Waals surface area contributed by atoms with E-state index in [0.717, 1.165) is 5.56 Å². The van der Waals surface area contributed by atoms with Crippen molar-refractivity contribution in [1.82, 2.24) is 0 Å². The van der Waals surface area contributed by atoms with Crippen molar-refractivity contribution in [2.75, 3.05) is 5.73 Å². The number of carboxylic acids is 1. The molecular weight excluding hydrogens is 201 g/mol. The fourth-order valence-corrected chi connectivity index (χ4v) is 1.40. The van der Waals surface area contributed by atoms with Gasteiger partial charge in [0, 0.05) is 17.6 Å². The van der Waals surface area contributed by atoms with Crippen molar-refractivity contribution in [1.29, 1.82) is 0 Å². The molecule has 76 valence electrons. The van der Waals surface area contributed by atoms with Crippen LogP contribution in [0.4, 0.5) is 5.69 Å². The molecule has 0 saturated heterocycles. The van der Waals surface area contributed by atoms with Crippen molar-refractivity contribution in [3.63, 3.8) is 0 Å². The Balaban J connectivity index is 0.00000196. The first-order chi connectivity index (χ1) is 6.63. The summed E-state index contributed by atoms with van der Waals surface area (Å²) < 4.78 is 0. The number of carboxylic acid groups (broad SMARTS) is 1. The quantitative estimate of drug-likeness (QED) is 0.449. The van der Waals surface area contributed by atoms with Crippen LogP contribution in [0.15, 0.2) is 24.3 Å². The van der Waals surface area contributed by atoms with Crippen LogP contribution in [-0.2, 0) is 11.2 Å². The Kier molecular flexibility index (Phi) is 6.65. The Morgan fingerprint density at radius 2 is 2.20 bits per heavy atom. The third-order valence-corrected chi connectivity index (χ3v) is 2.26. The Labute approximate surface area is 112 Å². The van der Waals surface area contributed by atoms with Crippen LogP contribution in [0.2, 0.25) is 0 Å². The largest absolute Gasteiger partial charge is 1.00 e. The molecule has 0 bridgehead atoms. The summed E-state index contributed by atoms with van der Waals surface area (Å²) in [5, 5.41) is 10.7. The molecule has 3 nitrogen and oxygen atoms in total. The summed E-state index contributed by atoms with van der Waals surface area (Å²) in [6.07, 6.45) is 1.07. The zero-order valence-electron chi connectivity index (χ0n) is 9.19. The van der Waals surface area contributed by atoms with E-state index in [-0.39, 0.29) is 29.6 Å². The summed E-state index contributed by atoms with van der Waals surface area (Å²) in [6, 6.07) is 7.28. The van der Waals surface area contributed by atoms with Gasteiger partial charge in [0.15, 0.2) is 0 Å². The molecule has 0 amide bonds. The minimum absolute atomic E-state index is 0. The van der Waals surface area contributed by atoms with E-state index >= 15 is 0 Å². The summed E-state index contributed by atoms with van der Waals surface area (Å²) >= 11 is 0. The number of carbonyl (C=O) groups excluding carboxylic acids is 1. The fourth-order valence-electron chi connectivity index (χ4n) is 1.40. The second-order valence-corrected chi connectivity index (χ2v) is 3.37. The van der Waals surface area contributed by atoms with Crippen molar-refractivity contribution in [3.05, 3.63) is 29.8 Å². The third-order valence-electron chi connectivity index (χ3n) is 2.26. The molecule has 0 radical (unpaired) electrons. The van der Waals surface area contributed by atoms with Crippen LogP contribution in [0.3, 0.4) is 0 Å². The maximum absolute atomic E-state index is 10.7. The van der Waals surface area contributed by atoms with Crippen LogP contribution in [0.5, 0.6) is 0 Å². The van der Waals surface area contributed by atoms with Gasteiger partial charge in [-0.2, -0.15) is 0 Å². The van der Waals surface area contributed by atoms with Gasteiger partial charge in [-0.3, -0.25) is 0 Å². The smallest absolute Gasteiger partial charge is 0.550 e. The number of aliphatic carboxylic acids is 1. The number of benzene rings is 1. The van der Waals surface area contributed by atoms with E-state index in [1.165, 1.54) is 0 Å². The molecule has 1 rings (SSSR count). The molecule has 0 saturated carbocycles. The van der Waals surface area contributed by atoms with Crippen LogP contribution in [-0.4, -0.2) is 5.97 Å². The number of rotatable bonds is 4. The third kappa shape index (κ3) is 4.69. The van der Waals surface area contributed by atoms with Crippen molar-refractivity contribution in [2.24, 2.45) is 5.92 Å². The maximum Gasteiger partial charge on any atom is 1.00 e. The molecule has 0 aliphatic carbocycles. The van der Waals surface area contributed by atoms with Crippen LogP contribution >= 0.6 is 0 Å². The average Bonchev–Trinajstić information content (AvgIpc) is 2.14. The van der Waals surface area contributed by atoms with Gasteiger partial charge < -0.3 is 15.6 Å². The van der Waals surface area contributed by atoms with E-state index in [9.17, 15) is 9.90 Å². The molecule has 1 aromatic rings. The summed E-state index contributed by atoms with van der Waals surface area (Å²) in [4.78, 5) is 10.7. The number of carbonyl (C=O) groups is 1. The maximum atomic E-state index is 10.7. The van der Waals surface area contributed by atoms with Gasteiger partial charge in [0.1, 0.15) is 0 Å². The van der Waals surface area contributed by atoms with Gasteiger partial charge >= 0.3 is 29.6 Å². The number of nitrogen functional groups attached to an aromatic ring is 1. The van der Waals surface area contributed by atoms with Gasteiger partial charge in [0.25, 0.3) is 0 Å². The minimum Gasteiger partial charge on any atom is -0.550 e. The molecule has 1 unspecified atom stereocenters. The number of nitrogens with two attached hydrogens (primary N) is 1. The number of hydrogen-bond donors (Lipinski definition) is 1. The normalized spacial score (nSPS) is 11.5. The number of anilines is 1. The van der Waals surface area contributed by atoms with Crippen molar-refractivity contribution < 1.29 is 39.5 Å². The molecule has 0 aliphatic heterocycles. The Hall–Kier alpha value is -0.510. The first-order valence-electron chi connectivity index (χ1n) is 4.68. The van der Waals surface area contributed by atoms with E-state index in [4.69, 9.17) is 5.73 Å². The van der Waals surface area contributed by atoms with Gasteiger partial charge in [-0.15, -0.1) is 0 Å². The first kappa shape index (κ1) is 14.5. The molecule has 0 spiro atoms. The number of hydrogen-bond acceptors (Lipinski definition) is 3. The minimum atomic E-state index is -0.991. The predicted octanol–water partition coefficient (Wildman–Crippen LogP) is -2.41. The molecule has 0 aliphatic rings. The topological polar surface area (TPSA) is 66.2 Å². The van der Waals surface area contributed by atoms with Crippen molar-refractivity contribution in [3.8, 4) is 0 Å². The zero-order valence-corrected chi connectivity index (χ0v) is 11.2. The summed E-state index contributed by atoms with van der Waals surface area (Å²) in [6.45, 7) is 1.84. The van der Waals surface area contributed by atoms with Gasteiger partial charge in [0.2, 0.25) is 0 Å². The van der Waals surface area contributed by atoms with E-state index in [2.05, 4.69) is 0 Å². The van der Waals surface area contributed by atoms with Gasteiger partial charge in [-0.25, -0.2) is 0 Å². The molecule has 1 atom stereocenters. The van der Waals surface area contributed by atoms with Crippen LogP contribution in [0.1, 0.15) is 18.9 Å². The second-order valence-electron chi connectivity index (χ2n) is 3.37. The Morgan fingerprint density at radius 3 is 2.67 bits per heavy atom. The standard InChI is InChI=1S/C11H15NO2.Na/c1-2-9(11(13)14)6-8-4-3-5-10(12)7-8;/h3-5,7,9H,2,6,12H2,1H3,(H,13,14);/q;+1/p-1. The molecule has 0 heterocycles. The summed E-state index contributed by atoms with van der Waals surface area (Å²) in [5.41, 5.74) is 7.20. The fraction of sp³-hybridized carbons (Fsp3) is 0.364. The van der Waals surface area contributed by atoms with Crippen LogP contribution < -0.4 is 40.4 Å². The van der Waals surface area contributed by atoms with E-state index in [0.29, 0.717) is 18.5 Å². The molecule has 2 N–H and O–H groups in total. The monoisotopic (exact) mass is 215 g/mol. The van der Waals surface area contributed by atoms with E-state index < -0.39 is 11.9 Å². The summed E-state index contributed by atoms with van der Waals surface area (Å²) in [5.74, 6) is -1.41. The van der Waals surface area contributed by atoms with Gasteiger partial charge in [0.05, 0.1) is 0 Å². The van der Waals surface area contributed by atoms with Crippen molar-refractivity contribution in [2.45, 2.75) is 19.8 Å². The second kappa shape index (κ2) is 6.88. The van der Waals surface area contributed by atoms with E-state index in [1.54, 1.807) is 12.1 Å². The molecule has 15 heavy (non-hydrogen) atoms.